The van der Waals surface area contributed by atoms with E-state index >= 15 is 0 Å². The van der Waals surface area contributed by atoms with Gasteiger partial charge in [-0.1, -0.05) is 285 Å². The number of esters is 3. The average Bonchev–Trinajstić information content (AvgIpc) is 3.27. The van der Waals surface area contributed by atoms with Gasteiger partial charge in [0.1, 0.15) is 13.2 Å². The predicted octanol–water partition coefficient (Wildman–Crippen LogP) is 18.6. The van der Waals surface area contributed by atoms with E-state index in [0.29, 0.717) is 19.3 Å². The monoisotopic (exact) mass is 891 g/mol. The van der Waals surface area contributed by atoms with E-state index in [1.807, 2.05) is 0 Å². The molecule has 374 valence electrons. The molecular formula is C57H110O6. The van der Waals surface area contributed by atoms with Crippen molar-refractivity contribution in [2.45, 2.75) is 329 Å². The van der Waals surface area contributed by atoms with E-state index in [0.717, 1.165) is 63.7 Å². The van der Waals surface area contributed by atoms with E-state index in [-0.39, 0.29) is 31.1 Å². The zero-order valence-corrected chi connectivity index (χ0v) is 43.0. The molecule has 0 saturated carbocycles. The van der Waals surface area contributed by atoms with Crippen LogP contribution in [-0.4, -0.2) is 37.2 Å². The lowest BCUT2D eigenvalue weighted by Crippen LogP contribution is -2.30. The van der Waals surface area contributed by atoms with Crippen LogP contribution < -0.4 is 0 Å². The van der Waals surface area contributed by atoms with E-state index in [4.69, 9.17) is 14.2 Å². The SMILES string of the molecule is CCCCCCCCCCCCCCCCCCC(=O)OC[C@@H](COC(=O)CCCCCCCCCCCCCCC)OC(=O)CCCCCCCCCCCCCCCC(C)C. The summed E-state index contributed by atoms with van der Waals surface area (Å²) in [6.07, 6.45) is 55.1. The molecule has 0 unspecified atom stereocenters. The number of hydrogen-bond donors (Lipinski definition) is 0. The molecule has 0 bridgehead atoms. The summed E-state index contributed by atoms with van der Waals surface area (Å²) in [5.41, 5.74) is 0. The van der Waals surface area contributed by atoms with Crippen molar-refractivity contribution in [3.05, 3.63) is 0 Å². The van der Waals surface area contributed by atoms with Gasteiger partial charge in [-0.3, -0.25) is 14.4 Å². The first kappa shape index (κ1) is 61.4. The zero-order valence-electron chi connectivity index (χ0n) is 43.0. The number of carbonyl (C=O) groups is 3. The topological polar surface area (TPSA) is 78.9 Å². The van der Waals surface area contributed by atoms with Crippen LogP contribution in [0.25, 0.3) is 0 Å². The summed E-state index contributed by atoms with van der Waals surface area (Å²) in [4.78, 5) is 38.1. The Bertz CT molecular complexity index is 949. The molecule has 63 heavy (non-hydrogen) atoms. The number of unbranched alkanes of at least 4 members (excludes halogenated alkanes) is 39. The third-order valence-corrected chi connectivity index (χ3v) is 13.0. The van der Waals surface area contributed by atoms with Crippen LogP contribution in [0.15, 0.2) is 0 Å². The van der Waals surface area contributed by atoms with E-state index in [1.165, 1.54) is 218 Å². The summed E-state index contributed by atoms with van der Waals surface area (Å²) in [5, 5.41) is 0. The van der Waals surface area contributed by atoms with Crippen LogP contribution in [0.4, 0.5) is 0 Å². The molecule has 0 saturated heterocycles. The maximum absolute atomic E-state index is 12.8. The Morgan fingerprint density at radius 2 is 0.524 bits per heavy atom. The fourth-order valence-corrected chi connectivity index (χ4v) is 8.75. The number of hydrogen-bond acceptors (Lipinski definition) is 6. The predicted molar refractivity (Wildman–Crippen MR) is 270 cm³/mol. The molecule has 0 heterocycles. The van der Waals surface area contributed by atoms with E-state index < -0.39 is 6.10 Å². The number of rotatable bonds is 52. The lowest BCUT2D eigenvalue weighted by Gasteiger charge is -2.18. The van der Waals surface area contributed by atoms with Crippen molar-refractivity contribution >= 4 is 17.9 Å². The molecule has 0 rings (SSSR count). The number of ether oxygens (including phenoxy) is 3. The molecule has 6 heteroatoms. The summed E-state index contributed by atoms with van der Waals surface area (Å²) in [7, 11) is 0. The normalized spacial score (nSPS) is 12.0. The molecule has 0 aromatic carbocycles. The third-order valence-electron chi connectivity index (χ3n) is 13.0. The second-order valence-electron chi connectivity index (χ2n) is 20.1. The van der Waals surface area contributed by atoms with E-state index in [1.54, 1.807) is 0 Å². The van der Waals surface area contributed by atoms with Gasteiger partial charge in [0.15, 0.2) is 6.10 Å². The lowest BCUT2D eigenvalue weighted by atomic mass is 10.0. The molecule has 0 aliphatic rings. The van der Waals surface area contributed by atoms with Crippen molar-refractivity contribution in [1.82, 2.24) is 0 Å². The van der Waals surface area contributed by atoms with Gasteiger partial charge in [0.25, 0.3) is 0 Å². The molecule has 0 aliphatic carbocycles. The summed E-state index contributed by atoms with van der Waals surface area (Å²) < 4.78 is 16.9. The average molecular weight is 892 g/mol. The van der Waals surface area contributed by atoms with Crippen LogP contribution in [0.5, 0.6) is 0 Å². The molecule has 0 spiro atoms. The first-order valence-electron chi connectivity index (χ1n) is 28.4. The molecule has 0 amide bonds. The highest BCUT2D eigenvalue weighted by Gasteiger charge is 2.19. The van der Waals surface area contributed by atoms with Crippen LogP contribution in [-0.2, 0) is 28.6 Å². The first-order chi connectivity index (χ1) is 30.9. The largest absolute Gasteiger partial charge is 0.462 e. The van der Waals surface area contributed by atoms with Crippen molar-refractivity contribution in [2.24, 2.45) is 5.92 Å². The van der Waals surface area contributed by atoms with Crippen molar-refractivity contribution in [3.63, 3.8) is 0 Å². The smallest absolute Gasteiger partial charge is 0.306 e. The van der Waals surface area contributed by atoms with Crippen LogP contribution in [0.1, 0.15) is 323 Å². The van der Waals surface area contributed by atoms with Crippen molar-refractivity contribution in [1.29, 1.82) is 0 Å². The van der Waals surface area contributed by atoms with E-state index in [2.05, 4.69) is 27.7 Å². The maximum atomic E-state index is 12.8. The fraction of sp³-hybridized carbons (Fsp3) is 0.947. The van der Waals surface area contributed by atoms with Gasteiger partial charge < -0.3 is 14.2 Å². The summed E-state index contributed by atoms with van der Waals surface area (Å²) in [6.45, 7) is 9.06. The van der Waals surface area contributed by atoms with Gasteiger partial charge in [0.2, 0.25) is 0 Å². The zero-order chi connectivity index (χ0) is 45.9. The Morgan fingerprint density at radius 3 is 0.778 bits per heavy atom. The van der Waals surface area contributed by atoms with Crippen LogP contribution >= 0.6 is 0 Å². The standard InChI is InChI=1S/C57H110O6/c1-5-7-9-11-13-15-17-19-20-21-25-29-33-37-41-45-49-56(59)62-52-54(51-61-55(58)48-44-40-36-32-28-23-18-16-14-12-10-8-6-2)63-57(60)50-46-42-38-34-30-26-22-24-27-31-35-39-43-47-53(3)4/h53-54H,5-52H2,1-4H3/t54-/m1/s1. The minimum Gasteiger partial charge on any atom is -0.462 e. The second-order valence-corrected chi connectivity index (χ2v) is 20.1. The Kier molecular flexibility index (Phi) is 50.1. The maximum Gasteiger partial charge on any atom is 0.306 e. The lowest BCUT2D eigenvalue weighted by molar-refractivity contribution is -0.167. The Morgan fingerprint density at radius 1 is 0.302 bits per heavy atom. The quantitative estimate of drug-likeness (QED) is 0.0344. The highest BCUT2D eigenvalue weighted by molar-refractivity contribution is 5.71. The van der Waals surface area contributed by atoms with Crippen molar-refractivity contribution < 1.29 is 28.6 Å². The minimum atomic E-state index is -0.761. The van der Waals surface area contributed by atoms with Gasteiger partial charge in [0.05, 0.1) is 0 Å². The molecule has 0 aliphatic heterocycles. The minimum absolute atomic E-state index is 0.0619. The summed E-state index contributed by atoms with van der Waals surface area (Å²) in [6, 6.07) is 0. The summed E-state index contributed by atoms with van der Waals surface area (Å²) >= 11 is 0. The van der Waals surface area contributed by atoms with Crippen LogP contribution in [0.3, 0.4) is 0 Å². The van der Waals surface area contributed by atoms with Gasteiger partial charge in [-0.05, 0) is 25.2 Å². The van der Waals surface area contributed by atoms with Gasteiger partial charge >= 0.3 is 17.9 Å². The first-order valence-corrected chi connectivity index (χ1v) is 28.4. The fourth-order valence-electron chi connectivity index (χ4n) is 8.75. The number of carbonyl (C=O) groups excluding carboxylic acids is 3. The Balaban J connectivity index is 4.30. The van der Waals surface area contributed by atoms with Gasteiger partial charge in [-0.25, -0.2) is 0 Å². The molecule has 6 nitrogen and oxygen atoms in total. The van der Waals surface area contributed by atoms with Crippen LogP contribution in [0.2, 0.25) is 0 Å². The molecule has 0 fully saturated rings. The molecular weight excluding hydrogens is 781 g/mol. The Labute approximate surface area is 393 Å². The van der Waals surface area contributed by atoms with Crippen molar-refractivity contribution in [3.8, 4) is 0 Å². The molecule has 1 atom stereocenters. The van der Waals surface area contributed by atoms with Gasteiger partial charge in [0, 0.05) is 19.3 Å². The van der Waals surface area contributed by atoms with E-state index in [9.17, 15) is 14.4 Å². The van der Waals surface area contributed by atoms with Gasteiger partial charge in [-0.2, -0.15) is 0 Å². The second kappa shape index (κ2) is 51.4. The summed E-state index contributed by atoms with van der Waals surface area (Å²) in [5.74, 6) is 0.00182. The van der Waals surface area contributed by atoms with Crippen molar-refractivity contribution in [2.75, 3.05) is 13.2 Å². The molecule has 0 aromatic rings. The van der Waals surface area contributed by atoms with Crippen LogP contribution in [0, 0.1) is 5.92 Å². The highest BCUT2D eigenvalue weighted by Crippen LogP contribution is 2.18. The van der Waals surface area contributed by atoms with Gasteiger partial charge in [-0.15, -0.1) is 0 Å². The molecule has 0 radical (unpaired) electrons. The molecule has 0 N–H and O–H groups in total. The highest BCUT2D eigenvalue weighted by atomic mass is 16.6. The Hall–Kier alpha value is -1.59. The third kappa shape index (κ3) is 51.3. The molecule has 0 aromatic heterocycles.